The summed E-state index contributed by atoms with van der Waals surface area (Å²) >= 11 is 0. The van der Waals surface area contributed by atoms with Gasteiger partial charge in [0, 0.05) is 12.8 Å². The van der Waals surface area contributed by atoms with Crippen molar-refractivity contribution in [2.24, 2.45) is 0 Å². The van der Waals surface area contributed by atoms with Crippen LogP contribution in [-0.2, 0) is 4.79 Å². The Morgan fingerprint density at radius 2 is 1.26 bits per heavy atom. The van der Waals surface area contributed by atoms with Crippen molar-refractivity contribution in [2.45, 2.75) is 32.1 Å². The average Bonchev–Trinajstić information content (AvgIpc) is 2.40. The molecule has 1 fully saturated rings. The zero-order chi connectivity index (χ0) is 14.3. The Hall–Kier alpha value is -2.17. The molecule has 0 saturated heterocycles. The van der Waals surface area contributed by atoms with Crippen molar-refractivity contribution in [2.75, 3.05) is 0 Å². The summed E-state index contributed by atoms with van der Waals surface area (Å²) in [5.41, 5.74) is -0.380. The number of Topliss-reactive ketones (excluding diaryl/α,β-unsaturated/α-hetero) is 1. The minimum Gasteiger partial charge on any atom is -0.478 e. The minimum absolute atomic E-state index is 0.190. The van der Waals surface area contributed by atoms with Gasteiger partial charge in [-0.1, -0.05) is 18.6 Å². The smallest absolute Gasteiger partial charge is 0.336 e. The molecule has 0 heterocycles. The summed E-state index contributed by atoms with van der Waals surface area (Å²) in [7, 11) is 0. The van der Waals surface area contributed by atoms with Crippen molar-refractivity contribution in [3.05, 3.63) is 35.4 Å². The molecule has 0 amide bonds. The van der Waals surface area contributed by atoms with Gasteiger partial charge in [-0.3, -0.25) is 4.79 Å². The van der Waals surface area contributed by atoms with Crippen LogP contribution < -0.4 is 0 Å². The van der Waals surface area contributed by atoms with Gasteiger partial charge >= 0.3 is 11.9 Å². The number of ketones is 1. The van der Waals surface area contributed by atoms with E-state index in [1.165, 1.54) is 30.7 Å². The number of carboxylic acids is 2. The summed E-state index contributed by atoms with van der Waals surface area (Å²) in [6.45, 7) is 0. The molecule has 1 aliphatic rings. The highest BCUT2D eigenvalue weighted by atomic mass is 16.4. The van der Waals surface area contributed by atoms with Crippen LogP contribution in [0.1, 0.15) is 52.8 Å². The van der Waals surface area contributed by atoms with E-state index in [0.29, 0.717) is 5.78 Å². The molecule has 0 aromatic heterocycles. The van der Waals surface area contributed by atoms with E-state index in [0.717, 1.165) is 25.7 Å². The maximum atomic E-state index is 10.5. The fourth-order valence-electron chi connectivity index (χ4n) is 1.80. The van der Waals surface area contributed by atoms with Gasteiger partial charge in [0.1, 0.15) is 5.78 Å². The standard InChI is InChI=1S/C8H6O4.C6H10O/c9-7(10)5-3-1-2-4-6(5)8(11)12;7-6-4-2-1-3-5-6/h1-4H,(H,9,10)(H,11,12);1-5H2. The van der Waals surface area contributed by atoms with Crippen LogP contribution in [0.25, 0.3) is 0 Å². The zero-order valence-corrected chi connectivity index (χ0v) is 10.5. The van der Waals surface area contributed by atoms with Crippen molar-refractivity contribution in [3.63, 3.8) is 0 Å². The third-order valence-corrected chi connectivity index (χ3v) is 2.80. The van der Waals surface area contributed by atoms with Gasteiger partial charge in [0.15, 0.2) is 0 Å². The first-order valence-electron chi connectivity index (χ1n) is 6.09. The second-order valence-electron chi connectivity index (χ2n) is 4.26. The fourth-order valence-corrected chi connectivity index (χ4v) is 1.80. The van der Waals surface area contributed by atoms with E-state index in [1.54, 1.807) is 0 Å². The molecular formula is C14H16O5. The first-order chi connectivity index (χ1) is 9.02. The predicted octanol–water partition coefficient (Wildman–Crippen LogP) is 2.60. The monoisotopic (exact) mass is 264 g/mol. The summed E-state index contributed by atoms with van der Waals surface area (Å²) in [6.07, 6.45) is 5.24. The van der Waals surface area contributed by atoms with E-state index < -0.39 is 11.9 Å². The fraction of sp³-hybridized carbons (Fsp3) is 0.357. The molecule has 1 aromatic carbocycles. The Kier molecular flexibility index (Phi) is 5.73. The van der Waals surface area contributed by atoms with Crippen molar-refractivity contribution in [1.82, 2.24) is 0 Å². The maximum absolute atomic E-state index is 10.5. The van der Waals surface area contributed by atoms with Crippen LogP contribution in [0.3, 0.4) is 0 Å². The molecule has 0 atom stereocenters. The Bertz CT molecular complexity index is 437. The third-order valence-electron chi connectivity index (χ3n) is 2.80. The highest BCUT2D eigenvalue weighted by molar-refractivity contribution is 6.01. The SMILES string of the molecule is O=C(O)c1ccccc1C(=O)O.O=C1CCCCC1. The number of hydrogen-bond donors (Lipinski definition) is 2. The normalized spacial score (nSPS) is 14.2. The summed E-state index contributed by atoms with van der Waals surface area (Å²) < 4.78 is 0. The van der Waals surface area contributed by atoms with Gasteiger partial charge < -0.3 is 10.2 Å². The summed E-state index contributed by atoms with van der Waals surface area (Å²) in [6, 6.07) is 5.48. The molecule has 0 aliphatic heterocycles. The third kappa shape index (κ3) is 4.91. The van der Waals surface area contributed by atoms with Crippen molar-refractivity contribution in [1.29, 1.82) is 0 Å². The number of carbonyl (C=O) groups excluding carboxylic acids is 1. The van der Waals surface area contributed by atoms with Crippen molar-refractivity contribution in [3.8, 4) is 0 Å². The van der Waals surface area contributed by atoms with Crippen LogP contribution in [0.15, 0.2) is 24.3 Å². The highest BCUT2D eigenvalue weighted by Gasteiger charge is 2.13. The van der Waals surface area contributed by atoms with E-state index in [9.17, 15) is 14.4 Å². The van der Waals surface area contributed by atoms with E-state index in [4.69, 9.17) is 10.2 Å². The van der Waals surface area contributed by atoms with Crippen LogP contribution in [0.5, 0.6) is 0 Å². The van der Waals surface area contributed by atoms with E-state index in [-0.39, 0.29) is 11.1 Å². The van der Waals surface area contributed by atoms with Crippen LogP contribution in [0, 0.1) is 0 Å². The Morgan fingerprint density at radius 3 is 1.53 bits per heavy atom. The van der Waals surface area contributed by atoms with E-state index in [1.807, 2.05) is 0 Å². The Balaban J connectivity index is 0.000000218. The molecular weight excluding hydrogens is 248 g/mol. The first-order valence-corrected chi connectivity index (χ1v) is 6.09. The quantitative estimate of drug-likeness (QED) is 0.856. The number of carboxylic acid groups (broad SMARTS) is 2. The number of rotatable bonds is 2. The first kappa shape index (κ1) is 14.9. The van der Waals surface area contributed by atoms with Gasteiger partial charge in [0.25, 0.3) is 0 Å². The van der Waals surface area contributed by atoms with Crippen LogP contribution in [0.4, 0.5) is 0 Å². The molecule has 1 aliphatic carbocycles. The molecule has 5 heteroatoms. The molecule has 0 unspecified atom stereocenters. The summed E-state index contributed by atoms with van der Waals surface area (Å²) in [5, 5.41) is 17.1. The molecule has 1 aromatic rings. The second-order valence-corrected chi connectivity index (χ2v) is 4.26. The Morgan fingerprint density at radius 1 is 0.842 bits per heavy atom. The van der Waals surface area contributed by atoms with Gasteiger partial charge in [0.2, 0.25) is 0 Å². The van der Waals surface area contributed by atoms with Gasteiger partial charge in [-0.05, 0) is 25.0 Å². The lowest BCUT2D eigenvalue weighted by molar-refractivity contribution is -0.120. The molecule has 102 valence electrons. The molecule has 5 nitrogen and oxygen atoms in total. The number of carbonyl (C=O) groups is 3. The predicted molar refractivity (Wildman–Crippen MR) is 68.5 cm³/mol. The second kappa shape index (κ2) is 7.31. The molecule has 0 radical (unpaired) electrons. The zero-order valence-electron chi connectivity index (χ0n) is 10.5. The Labute approximate surface area is 110 Å². The summed E-state index contributed by atoms with van der Waals surface area (Å²) in [5.74, 6) is -1.99. The topological polar surface area (TPSA) is 91.7 Å². The lowest BCUT2D eigenvalue weighted by Crippen LogP contribution is -2.06. The lowest BCUT2D eigenvalue weighted by atomic mass is 10.00. The molecule has 19 heavy (non-hydrogen) atoms. The molecule has 0 bridgehead atoms. The van der Waals surface area contributed by atoms with Crippen LogP contribution >= 0.6 is 0 Å². The lowest BCUT2D eigenvalue weighted by Gasteiger charge is -2.05. The van der Waals surface area contributed by atoms with Crippen molar-refractivity contribution >= 4 is 17.7 Å². The molecule has 1 saturated carbocycles. The van der Waals surface area contributed by atoms with Gasteiger partial charge in [0.05, 0.1) is 11.1 Å². The maximum Gasteiger partial charge on any atom is 0.336 e. The van der Waals surface area contributed by atoms with E-state index in [2.05, 4.69) is 0 Å². The highest BCUT2D eigenvalue weighted by Crippen LogP contribution is 2.12. The molecule has 2 rings (SSSR count). The van der Waals surface area contributed by atoms with E-state index >= 15 is 0 Å². The van der Waals surface area contributed by atoms with Gasteiger partial charge in [-0.25, -0.2) is 9.59 Å². The number of aromatic carboxylic acids is 2. The molecule has 0 spiro atoms. The summed E-state index contributed by atoms with van der Waals surface area (Å²) in [4.78, 5) is 31.4. The van der Waals surface area contributed by atoms with Crippen LogP contribution in [-0.4, -0.2) is 27.9 Å². The van der Waals surface area contributed by atoms with Crippen LogP contribution in [0.2, 0.25) is 0 Å². The average molecular weight is 264 g/mol. The minimum atomic E-state index is -1.23. The van der Waals surface area contributed by atoms with Gasteiger partial charge in [-0.15, -0.1) is 0 Å². The molecule has 2 N–H and O–H groups in total. The van der Waals surface area contributed by atoms with Crippen molar-refractivity contribution < 1.29 is 24.6 Å². The van der Waals surface area contributed by atoms with Gasteiger partial charge in [-0.2, -0.15) is 0 Å². The number of hydrogen-bond acceptors (Lipinski definition) is 3. The number of benzene rings is 1. The largest absolute Gasteiger partial charge is 0.478 e.